The van der Waals surface area contributed by atoms with Gasteiger partial charge in [-0.1, -0.05) is 37.8 Å². The van der Waals surface area contributed by atoms with Crippen molar-refractivity contribution in [3.8, 4) is 0 Å². The second-order valence-electron chi connectivity index (χ2n) is 4.62. The Kier molecular flexibility index (Phi) is 2.53. The molecule has 0 bridgehead atoms. The van der Waals surface area contributed by atoms with Gasteiger partial charge in [0.25, 0.3) is 0 Å². The van der Waals surface area contributed by atoms with E-state index in [4.69, 9.17) is 0 Å². The molecule has 0 unspecified atom stereocenters. The lowest BCUT2D eigenvalue weighted by atomic mass is 9.75. The van der Waals surface area contributed by atoms with E-state index in [9.17, 15) is 0 Å². The summed E-state index contributed by atoms with van der Waals surface area (Å²) < 4.78 is 0. The van der Waals surface area contributed by atoms with E-state index in [-0.39, 0.29) is 0 Å². The van der Waals surface area contributed by atoms with Crippen LogP contribution in [-0.4, -0.2) is 0 Å². The van der Waals surface area contributed by atoms with Gasteiger partial charge in [0.05, 0.1) is 0 Å². The predicted molar refractivity (Wildman–Crippen MR) is 53.1 cm³/mol. The van der Waals surface area contributed by atoms with E-state index in [2.05, 4.69) is 6.58 Å². The van der Waals surface area contributed by atoms with Crippen LogP contribution in [0, 0.1) is 11.8 Å². The van der Waals surface area contributed by atoms with Gasteiger partial charge < -0.3 is 0 Å². The summed E-state index contributed by atoms with van der Waals surface area (Å²) in [6.07, 6.45) is 11.6. The molecular weight excluding hydrogens is 144 g/mol. The average Bonchev–Trinajstić information content (AvgIpc) is 1.79. The van der Waals surface area contributed by atoms with E-state index < -0.39 is 0 Å². The summed E-state index contributed by atoms with van der Waals surface area (Å²) in [5.41, 5.74) is 1.56. The Morgan fingerprint density at radius 1 is 1.08 bits per heavy atom. The second kappa shape index (κ2) is 3.64. The molecule has 0 nitrogen and oxygen atoms in total. The average molecular weight is 164 g/mol. The molecule has 0 aromatic carbocycles. The molecule has 0 aliphatic heterocycles. The van der Waals surface area contributed by atoms with Crippen LogP contribution in [0.25, 0.3) is 0 Å². The zero-order valence-corrected chi connectivity index (χ0v) is 8.02. The molecule has 2 aliphatic carbocycles. The summed E-state index contributed by atoms with van der Waals surface area (Å²) in [5, 5.41) is 0. The fourth-order valence-electron chi connectivity index (χ4n) is 2.19. The maximum absolute atomic E-state index is 4.21. The van der Waals surface area contributed by atoms with Gasteiger partial charge in [0.1, 0.15) is 0 Å². The molecule has 0 N–H and O–H groups in total. The molecule has 12 heavy (non-hydrogen) atoms. The summed E-state index contributed by atoms with van der Waals surface area (Å²) in [4.78, 5) is 0. The van der Waals surface area contributed by atoms with Gasteiger partial charge in [-0.25, -0.2) is 0 Å². The molecule has 0 spiro atoms. The van der Waals surface area contributed by atoms with E-state index in [1.54, 1.807) is 5.57 Å². The van der Waals surface area contributed by atoms with Crippen LogP contribution in [0.15, 0.2) is 12.2 Å². The SMILES string of the molecule is C=C(CCC1CCC1)C1CCC1. The Morgan fingerprint density at radius 3 is 2.17 bits per heavy atom. The van der Waals surface area contributed by atoms with Gasteiger partial charge in [-0.3, -0.25) is 0 Å². The van der Waals surface area contributed by atoms with Crippen molar-refractivity contribution in [3.63, 3.8) is 0 Å². The molecule has 2 aliphatic rings. The number of hydrogen-bond acceptors (Lipinski definition) is 0. The maximum atomic E-state index is 4.21. The van der Waals surface area contributed by atoms with Gasteiger partial charge in [0.2, 0.25) is 0 Å². The Labute approximate surface area is 76.1 Å². The van der Waals surface area contributed by atoms with Crippen LogP contribution < -0.4 is 0 Å². The van der Waals surface area contributed by atoms with Crippen LogP contribution in [0.5, 0.6) is 0 Å². The standard InChI is InChI=1S/C12H20/c1-10(12-6-3-7-12)8-9-11-4-2-5-11/h11-12H,1-9H2. The minimum Gasteiger partial charge on any atom is -0.0996 e. The van der Waals surface area contributed by atoms with Gasteiger partial charge in [0.15, 0.2) is 0 Å². The molecule has 0 heterocycles. The molecule has 2 fully saturated rings. The smallest absolute Gasteiger partial charge is 0.0206 e. The lowest BCUT2D eigenvalue weighted by Gasteiger charge is -2.30. The zero-order chi connectivity index (χ0) is 8.39. The maximum Gasteiger partial charge on any atom is -0.0206 e. The predicted octanol–water partition coefficient (Wildman–Crippen LogP) is 3.92. The molecule has 2 saturated carbocycles. The van der Waals surface area contributed by atoms with Gasteiger partial charge in [-0.15, -0.1) is 0 Å². The number of hydrogen-bond donors (Lipinski definition) is 0. The van der Waals surface area contributed by atoms with Gasteiger partial charge >= 0.3 is 0 Å². The van der Waals surface area contributed by atoms with Crippen LogP contribution in [0.2, 0.25) is 0 Å². The monoisotopic (exact) mass is 164 g/mol. The summed E-state index contributed by atoms with van der Waals surface area (Å²) in [5.74, 6) is 1.99. The normalized spacial score (nSPS) is 24.7. The molecule has 0 atom stereocenters. The Morgan fingerprint density at radius 2 is 1.75 bits per heavy atom. The molecule has 0 heteroatoms. The Bertz CT molecular complexity index is 161. The summed E-state index contributed by atoms with van der Waals surface area (Å²) in [6, 6.07) is 0. The molecule has 2 rings (SSSR count). The van der Waals surface area contributed by atoms with Gasteiger partial charge in [0, 0.05) is 0 Å². The quantitative estimate of drug-likeness (QED) is 0.552. The molecule has 0 aromatic rings. The van der Waals surface area contributed by atoms with E-state index in [0.717, 1.165) is 11.8 Å². The summed E-state index contributed by atoms with van der Waals surface area (Å²) in [6.45, 7) is 4.21. The Balaban J connectivity index is 1.61. The van der Waals surface area contributed by atoms with Crippen molar-refractivity contribution >= 4 is 0 Å². The minimum atomic E-state index is 0.921. The third-order valence-corrected chi connectivity index (χ3v) is 3.78. The van der Waals surface area contributed by atoms with Gasteiger partial charge in [-0.2, -0.15) is 0 Å². The minimum absolute atomic E-state index is 0.921. The first-order chi connectivity index (χ1) is 5.86. The highest BCUT2D eigenvalue weighted by Gasteiger charge is 2.22. The van der Waals surface area contributed by atoms with Crippen LogP contribution in [0.4, 0.5) is 0 Å². The highest BCUT2D eigenvalue weighted by atomic mass is 14.3. The van der Waals surface area contributed by atoms with E-state index in [1.807, 2.05) is 0 Å². The zero-order valence-electron chi connectivity index (χ0n) is 8.02. The number of rotatable bonds is 4. The first-order valence-corrected chi connectivity index (χ1v) is 5.54. The largest absolute Gasteiger partial charge is 0.0996 e. The van der Waals surface area contributed by atoms with Crippen LogP contribution in [0.3, 0.4) is 0 Å². The van der Waals surface area contributed by atoms with E-state index >= 15 is 0 Å². The van der Waals surface area contributed by atoms with E-state index in [1.165, 1.54) is 51.4 Å². The van der Waals surface area contributed by atoms with Crippen LogP contribution in [-0.2, 0) is 0 Å². The van der Waals surface area contributed by atoms with Crippen molar-refractivity contribution in [3.05, 3.63) is 12.2 Å². The molecule has 0 saturated heterocycles. The number of allylic oxidation sites excluding steroid dienone is 1. The molecular formula is C12H20. The van der Waals surface area contributed by atoms with Gasteiger partial charge in [-0.05, 0) is 37.5 Å². The van der Waals surface area contributed by atoms with Crippen molar-refractivity contribution in [2.45, 2.75) is 51.4 Å². The summed E-state index contributed by atoms with van der Waals surface area (Å²) in [7, 11) is 0. The lowest BCUT2D eigenvalue weighted by molar-refractivity contribution is 0.284. The third kappa shape index (κ3) is 1.73. The first-order valence-electron chi connectivity index (χ1n) is 5.54. The van der Waals surface area contributed by atoms with Crippen LogP contribution >= 0.6 is 0 Å². The molecule has 0 aromatic heterocycles. The van der Waals surface area contributed by atoms with Crippen molar-refractivity contribution < 1.29 is 0 Å². The lowest BCUT2D eigenvalue weighted by Crippen LogP contribution is -2.16. The topological polar surface area (TPSA) is 0 Å². The third-order valence-electron chi connectivity index (χ3n) is 3.78. The Hall–Kier alpha value is -0.260. The molecule has 68 valence electrons. The highest BCUT2D eigenvalue weighted by Crippen LogP contribution is 2.37. The fraction of sp³-hybridized carbons (Fsp3) is 0.833. The fourth-order valence-corrected chi connectivity index (χ4v) is 2.19. The van der Waals surface area contributed by atoms with Crippen molar-refractivity contribution in [1.29, 1.82) is 0 Å². The molecule has 0 amide bonds. The highest BCUT2D eigenvalue weighted by molar-refractivity contribution is 5.04. The molecule has 0 radical (unpaired) electrons. The van der Waals surface area contributed by atoms with Crippen molar-refractivity contribution in [2.24, 2.45) is 11.8 Å². The van der Waals surface area contributed by atoms with Crippen molar-refractivity contribution in [2.75, 3.05) is 0 Å². The van der Waals surface area contributed by atoms with E-state index in [0.29, 0.717) is 0 Å². The van der Waals surface area contributed by atoms with Crippen molar-refractivity contribution in [1.82, 2.24) is 0 Å². The van der Waals surface area contributed by atoms with Crippen LogP contribution in [0.1, 0.15) is 51.4 Å². The second-order valence-corrected chi connectivity index (χ2v) is 4.62. The summed E-state index contributed by atoms with van der Waals surface area (Å²) >= 11 is 0. The first kappa shape index (κ1) is 8.34.